The van der Waals surface area contributed by atoms with Gasteiger partial charge in [0.25, 0.3) is 0 Å². The predicted molar refractivity (Wildman–Crippen MR) is 493 cm³/mol. The highest BCUT2D eigenvalue weighted by Crippen LogP contribution is 2.47. The monoisotopic (exact) mass is 1540 g/mol. The van der Waals surface area contributed by atoms with Crippen LogP contribution in [0.3, 0.4) is 0 Å². The Morgan fingerprint density at radius 2 is 0.425 bits per heavy atom. The molecule has 4 aromatic heterocycles. The molecule has 4 heterocycles. The highest BCUT2D eigenvalue weighted by atomic mass is 15.2. The molecule has 0 saturated carbocycles. The molecule has 17 aromatic carbocycles. The SMILES string of the molecule is c1ccc(-c2nc(-c3ccccc3)nc(-c3ccc(-n4c5ccc(N(c6ccccc6)c6ccccc6)cc5c5cc(N(c6ccccc6)c6ccccc6)ccc54)cc3)n2)cc1.c1ccc(-c2nc(-c3ccccc3)nc(-c3ccc4c(c3)-c3cc(-n5c6ccccc6c6cc(N(c7ccccc7)c7ccccc7)ccc65)ccc3C4)n2)cc1. The number of aromatic nitrogens is 8. The van der Waals surface area contributed by atoms with Crippen LogP contribution >= 0.6 is 0 Å². The third kappa shape index (κ3) is 13.8. The number of benzene rings is 17. The minimum Gasteiger partial charge on any atom is -0.310 e. The molecule has 0 amide bonds. The minimum absolute atomic E-state index is 0.620. The fourth-order valence-corrected chi connectivity index (χ4v) is 16.8. The number of rotatable bonds is 17. The van der Waals surface area contributed by atoms with Crippen molar-refractivity contribution in [2.45, 2.75) is 6.42 Å². The fourth-order valence-electron chi connectivity index (χ4n) is 16.8. The quantitative estimate of drug-likeness (QED) is 0.0883. The Labute approximate surface area is 695 Å². The Balaban J connectivity index is 0.000000149. The Kier molecular flexibility index (Phi) is 18.8. The molecule has 11 heteroatoms. The lowest BCUT2D eigenvalue weighted by Gasteiger charge is -2.26. The maximum atomic E-state index is 5.04. The molecule has 566 valence electrons. The molecule has 21 aromatic rings. The van der Waals surface area contributed by atoms with E-state index in [1.807, 2.05) is 121 Å². The van der Waals surface area contributed by atoms with Crippen LogP contribution in [0.25, 0.3) is 134 Å². The van der Waals surface area contributed by atoms with Crippen LogP contribution in [0.4, 0.5) is 51.2 Å². The molecule has 1 aliphatic rings. The van der Waals surface area contributed by atoms with Crippen LogP contribution in [0.15, 0.2) is 443 Å². The summed E-state index contributed by atoms with van der Waals surface area (Å²) in [5, 5.41) is 4.71. The molecule has 0 radical (unpaired) electrons. The van der Waals surface area contributed by atoms with E-state index >= 15 is 0 Å². The number of hydrogen-bond acceptors (Lipinski definition) is 9. The minimum atomic E-state index is 0.620. The van der Waals surface area contributed by atoms with Gasteiger partial charge in [0.1, 0.15) is 0 Å². The van der Waals surface area contributed by atoms with Crippen LogP contribution in [0.1, 0.15) is 11.1 Å². The average Bonchev–Trinajstić information content (AvgIpc) is 1.58. The lowest BCUT2D eigenvalue weighted by atomic mass is 10.0. The van der Waals surface area contributed by atoms with Crippen molar-refractivity contribution in [2.75, 3.05) is 14.7 Å². The molecule has 120 heavy (non-hydrogen) atoms. The molecule has 11 nitrogen and oxygen atoms in total. The van der Waals surface area contributed by atoms with Crippen molar-refractivity contribution in [3.8, 4) is 90.8 Å². The third-order valence-electron chi connectivity index (χ3n) is 22.4. The van der Waals surface area contributed by atoms with Gasteiger partial charge in [-0.3, -0.25) is 0 Å². The van der Waals surface area contributed by atoms with Crippen LogP contribution in [-0.4, -0.2) is 39.0 Å². The van der Waals surface area contributed by atoms with Crippen LogP contribution < -0.4 is 14.7 Å². The molecular weight excluding hydrogens is 1460 g/mol. The molecule has 0 aliphatic heterocycles. The number of anilines is 9. The van der Waals surface area contributed by atoms with Crippen molar-refractivity contribution in [1.29, 1.82) is 0 Å². The largest absolute Gasteiger partial charge is 0.310 e. The third-order valence-corrected chi connectivity index (χ3v) is 22.4. The first-order valence-electron chi connectivity index (χ1n) is 40.4. The predicted octanol–water partition coefficient (Wildman–Crippen LogP) is 27.9. The zero-order valence-corrected chi connectivity index (χ0v) is 65.3. The van der Waals surface area contributed by atoms with Gasteiger partial charge in [0.15, 0.2) is 34.9 Å². The highest BCUT2D eigenvalue weighted by Gasteiger charge is 2.26. The molecule has 0 atom stereocenters. The number of hydrogen-bond donors (Lipinski definition) is 0. The molecule has 0 bridgehead atoms. The smallest absolute Gasteiger partial charge is 0.164 e. The van der Waals surface area contributed by atoms with Crippen LogP contribution in [0, 0.1) is 0 Å². The number of para-hydroxylation sites is 7. The highest BCUT2D eigenvalue weighted by molar-refractivity contribution is 6.13. The zero-order chi connectivity index (χ0) is 79.7. The lowest BCUT2D eigenvalue weighted by molar-refractivity contribution is 1.07. The molecule has 0 saturated heterocycles. The van der Waals surface area contributed by atoms with Gasteiger partial charge in [0, 0.05) is 117 Å². The van der Waals surface area contributed by atoms with E-state index in [0.717, 1.165) is 124 Å². The van der Waals surface area contributed by atoms with Crippen LogP contribution in [-0.2, 0) is 6.42 Å². The summed E-state index contributed by atoms with van der Waals surface area (Å²) in [6.07, 6.45) is 0.887. The van der Waals surface area contributed by atoms with E-state index in [1.54, 1.807) is 0 Å². The van der Waals surface area contributed by atoms with E-state index in [-0.39, 0.29) is 0 Å². The van der Waals surface area contributed by atoms with Crippen molar-refractivity contribution < 1.29 is 0 Å². The zero-order valence-electron chi connectivity index (χ0n) is 65.3. The summed E-state index contributed by atoms with van der Waals surface area (Å²) in [4.78, 5) is 36.9. The van der Waals surface area contributed by atoms with Gasteiger partial charge < -0.3 is 23.8 Å². The van der Waals surface area contributed by atoms with Crippen molar-refractivity contribution in [2.24, 2.45) is 0 Å². The van der Waals surface area contributed by atoms with E-state index in [0.29, 0.717) is 34.9 Å². The summed E-state index contributed by atoms with van der Waals surface area (Å²) >= 11 is 0. The maximum Gasteiger partial charge on any atom is 0.164 e. The molecule has 22 rings (SSSR count). The van der Waals surface area contributed by atoms with Gasteiger partial charge in [-0.2, -0.15) is 0 Å². The Morgan fingerprint density at radius 3 is 0.775 bits per heavy atom. The van der Waals surface area contributed by atoms with Gasteiger partial charge in [-0.1, -0.05) is 267 Å². The van der Waals surface area contributed by atoms with Gasteiger partial charge >= 0.3 is 0 Å². The average molecular weight is 1540 g/mol. The van der Waals surface area contributed by atoms with E-state index in [1.165, 1.54) is 44.1 Å². The summed E-state index contributed by atoms with van der Waals surface area (Å²) in [6.45, 7) is 0. The van der Waals surface area contributed by atoms with E-state index in [9.17, 15) is 0 Å². The molecule has 1 aliphatic carbocycles. The van der Waals surface area contributed by atoms with Crippen molar-refractivity contribution in [3.63, 3.8) is 0 Å². The molecule has 0 unspecified atom stereocenters. The van der Waals surface area contributed by atoms with E-state index in [4.69, 9.17) is 29.9 Å². The normalized spacial score (nSPS) is 11.5. The molecule has 0 fully saturated rings. The van der Waals surface area contributed by atoms with E-state index < -0.39 is 0 Å². The van der Waals surface area contributed by atoms with E-state index in [2.05, 4.69) is 345 Å². The first-order chi connectivity index (χ1) is 59.5. The number of fused-ring (bicyclic) bond motifs is 9. The Bertz CT molecular complexity index is 6890. The van der Waals surface area contributed by atoms with Gasteiger partial charge in [-0.15, -0.1) is 0 Å². The van der Waals surface area contributed by atoms with Crippen LogP contribution in [0.5, 0.6) is 0 Å². The first-order valence-corrected chi connectivity index (χ1v) is 40.4. The second-order valence-corrected chi connectivity index (χ2v) is 29.8. The Morgan fingerprint density at radius 1 is 0.175 bits per heavy atom. The van der Waals surface area contributed by atoms with Crippen LogP contribution in [0.2, 0.25) is 0 Å². The van der Waals surface area contributed by atoms with Gasteiger partial charge in [-0.05, 0) is 205 Å². The number of nitrogens with zero attached hydrogens (tertiary/aromatic N) is 11. The summed E-state index contributed by atoms with van der Waals surface area (Å²) in [6, 6.07) is 155. The Hall–Kier alpha value is -16.2. The van der Waals surface area contributed by atoms with Gasteiger partial charge in [-0.25, -0.2) is 29.9 Å². The van der Waals surface area contributed by atoms with Crippen molar-refractivity contribution in [1.82, 2.24) is 39.0 Å². The second kappa shape index (κ2) is 31.5. The summed E-state index contributed by atoms with van der Waals surface area (Å²) in [5.74, 6) is 3.87. The lowest BCUT2D eigenvalue weighted by Crippen LogP contribution is -2.09. The molecular formula is C109H75N11. The van der Waals surface area contributed by atoms with Gasteiger partial charge in [0.05, 0.1) is 22.1 Å². The summed E-state index contributed by atoms with van der Waals surface area (Å²) < 4.78 is 4.78. The van der Waals surface area contributed by atoms with Crippen molar-refractivity contribution in [3.05, 3.63) is 454 Å². The first kappa shape index (κ1) is 71.5. The maximum absolute atomic E-state index is 5.04. The standard InChI is InChI=1S/C57H40N6.C52H35N5/c1-7-19-41(20-8-1)55-58-56(42-21-9-2-10-22-42)60-57(59-55)43-31-33-48(34-32-43)63-53-37-35-49(61(44-23-11-3-12-24-44)45-25-13-4-14-26-45)39-51(53)52-40-50(36-38-54(52)63)62(46-27-15-5-16-28-46)47-29-17-6-18-30-47;1-5-15-35(16-6-1)50-53-51(36-17-7-2-8-18-36)55-52(54-50)39-26-25-37-31-38-27-28-43(33-46(38)45(37)32-39)57-48-24-14-13-23-44(48)47-34-42(29-30-49(47)57)56(40-19-9-3-10-20-40)41-21-11-4-12-22-41/h1-40H;1-30,32-34H,31H2. The second-order valence-electron chi connectivity index (χ2n) is 29.8. The summed E-state index contributed by atoms with van der Waals surface area (Å²) in [7, 11) is 0. The molecule has 0 N–H and O–H groups in total. The fraction of sp³-hybridized carbons (Fsp3) is 0.00917. The van der Waals surface area contributed by atoms with Gasteiger partial charge in [0.2, 0.25) is 0 Å². The summed E-state index contributed by atoms with van der Waals surface area (Å²) in [5.41, 5.74) is 27.3. The molecule has 0 spiro atoms. The van der Waals surface area contributed by atoms with Crippen molar-refractivity contribution >= 4 is 94.8 Å². The topological polar surface area (TPSA) is 96.9 Å².